The van der Waals surface area contributed by atoms with Crippen LogP contribution in [0.2, 0.25) is 0 Å². The first-order chi connectivity index (χ1) is 14.9. The maximum absolute atomic E-state index is 13.1. The van der Waals surface area contributed by atoms with Crippen LogP contribution in [0.5, 0.6) is 0 Å². The number of rotatable bonds is 11. The van der Waals surface area contributed by atoms with Crippen LogP contribution < -0.4 is 21.7 Å². The van der Waals surface area contributed by atoms with E-state index < -0.39 is 24.1 Å². The number of carbonyl (C=O) groups excluding carboxylic acids is 2. The molecule has 2 saturated carbocycles. The van der Waals surface area contributed by atoms with Crippen molar-refractivity contribution >= 4 is 17.9 Å². The molecule has 0 bridgehead atoms. The summed E-state index contributed by atoms with van der Waals surface area (Å²) >= 11 is 0. The third-order valence-electron chi connectivity index (χ3n) is 6.75. The maximum Gasteiger partial charge on any atom is 0.326 e. The van der Waals surface area contributed by atoms with Crippen molar-refractivity contribution in [2.24, 2.45) is 17.6 Å². The van der Waals surface area contributed by atoms with E-state index in [0.29, 0.717) is 44.1 Å². The van der Waals surface area contributed by atoms with Gasteiger partial charge in [0.1, 0.15) is 12.1 Å². The lowest BCUT2D eigenvalue weighted by molar-refractivity contribution is -0.139. The number of hydrogen-bond donors (Lipinski definition) is 5. The highest BCUT2D eigenvalue weighted by molar-refractivity contribution is 5.88. The Morgan fingerprint density at radius 1 is 0.968 bits per heavy atom. The van der Waals surface area contributed by atoms with Crippen LogP contribution in [0.1, 0.15) is 90.4 Å². The van der Waals surface area contributed by atoms with Crippen molar-refractivity contribution < 1.29 is 19.5 Å². The van der Waals surface area contributed by atoms with E-state index in [0.717, 1.165) is 44.9 Å². The number of nitrogens with one attached hydrogen (secondary N) is 3. The van der Waals surface area contributed by atoms with Gasteiger partial charge in [0.05, 0.1) is 0 Å². The van der Waals surface area contributed by atoms with Gasteiger partial charge in [0.25, 0.3) is 0 Å². The largest absolute Gasteiger partial charge is 0.480 e. The molecule has 2 fully saturated rings. The van der Waals surface area contributed by atoms with Crippen LogP contribution in [0.15, 0.2) is 0 Å². The fraction of sp³-hybridized carbons (Fsp3) is 0.870. The van der Waals surface area contributed by atoms with E-state index in [9.17, 15) is 19.5 Å². The van der Waals surface area contributed by atoms with Gasteiger partial charge in [-0.3, -0.25) is 4.79 Å². The highest BCUT2D eigenvalue weighted by Crippen LogP contribution is 2.28. The van der Waals surface area contributed by atoms with Crippen molar-refractivity contribution in [1.29, 1.82) is 0 Å². The molecule has 2 rings (SSSR count). The van der Waals surface area contributed by atoms with E-state index in [1.54, 1.807) is 0 Å². The average molecular weight is 439 g/mol. The molecule has 3 amide bonds. The molecule has 6 N–H and O–H groups in total. The SMILES string of the molecule is CC1CCCC(NC(=O)[C@@H](CC2CCCCC2)NC(=O)NC(CCCCN)C(=O)O)C1. The van der Waals surface area contributed by atoms with Gasteiger partial charge >= 0.3 is 12.0 Å². The summed E-state index contributed by atoms with van der Waals surface area (Å²) in [5.41, 5.74) is 5.47. The molecule has 178 valence electrons. The standard InChI is InChI=1S/C23H42N4O4/c1-16-8-7-11-18(14-16)25-21(28)20(15-17-9-3-2-4-10-17)27-23(31)26-19(22(29)30)12-5-6-13-24/h16-20H,2-15,24H2,1H3,(H,25,28)(H,29,30)(H2,26,27,31)/t16?,18?,19?,20-/m1/s1. The molecule has 0 spiro atoms. The van der Waals surface area contributed by atoms with Crippen molar-refractivity contribution in [3.8, 4) is 0 Å². The minimum atomic E-state index is -1.07. The second-order valence-electron chi connectivity index (χ2n) is 9.56. The zero-order chi connectivity index (χ0) is 22.6. The zero-order valence-electron chi connectivity index (χ0n) is 19.0. The van der Waals surface area contributed by atoms with Gasteiger partial charge in [-0.05, 0) is 56.9 Å². The Morgan fingerprint density at radius 2 is 1.68 bits per heavy atom. The molecule has 0 aromatic heterocycles. The van der Waals surface area contributed by atoms with Crippen LogP contribution in [0.25, 0.3) is 0 Å². The summed E-state index contributed by atoms with van der Waals surface area (Å²) in [6, 6.07) is -2.06. The number of aliphatic carboxylic acids is 1. The van der Waals surface area contributed by atoms with Crippen LogP contribution in [0.3, 0.4) is 0 Å². The number of carbonyl (C=O) groups is 3. The van der Waals surface area contributed by atoms with Gasteiger partial charge in [0.2, 0.25) is 5.91 Å². The first-order valence-corrected chi connectivity index (χ1v) is 12.2. The minimum absolute atomic E-state index is 0.144. The summed E-state index contributed by atoms with van der Waals surface area (Å²) in [6.07, 6.45) is 12.2. The second-order valence-corrected chi connectivity index (χ2v) is 9.56. The Kier molecular flexibility index (Phi) is 11.1. The van der Waals surface area contributed by atoms with E-state index in [1.807, 2.05) is 0 Å². The highest BCUT2D eigenvalue weighted by atomic mass is 16.4. The Labute approximate surface area is 186 Å². The molecule has 0 radical (unpaired) electrons. The fourth-order valence-electron chi connectivity index (χ4n) is 4.96. The summed E-state index contributed by atoms with van der Waals surface area (Å²) in [5, 5.41) is 17.9. The third-order valence-corrected chi connectivity index (χ3v) is 6.75. The molecule has 0 aromatic carbocycles. The smallest absolute Gasteiger partial charge is 0.326 e. The third kappa shape index (κ3) is 9.46. The highest BCUT2D eigenvalue weighted by Gasteiger charge is 2.30. The monoisotopic (exact) mass is 438 g/mol. The normalized spacial score (nSPS) is 24.1. The predicted molar refractivity (Wildman–Crippen MR) is 121 cm³/mol. The van der Waals surface area contributed by atoms with E-state index in [4.69, 9.17) is 5.73 Å². The summed E-state index contributed by atoms with van der Waals surface area (Å²) in [6.45, 7) is 2.70. The van der Waals surface area contributed by atoms with Crippen molar-refractivity contribution in [1.82, 2.24) is 16.0 Å². The summed E-state index contributed by atoms with van der Waals surface area (Å²) in [7, 11) is 0. The molecule has 2 aliphatic rings. The Balaban J connectivity index is 1.96. The molecular weight excluding hydrogens is 396 g/mol. The number of unbranched alkanes of at least 4 members (excludes halogenated alkanes) is 1. The number of carboxylic acids is 1. The van der Waals surface area contributed by atoms with Gasteiger partial charge in [-0.1, -0.05) is 51.9 Å². The number of nitrogens with two attached hydrogens (primary N) is 1. The fourth-order valence-corrected chi connectivity index (χ4v) is 4.96. The molecule has 31 heavy (non-hydrogen) atoms. The molecule has 8 heteroatoms. The van der Waals surface area contributed by atoms with E-state index in [-0.39, 0.29) is 11.9 Å². The van der Waals surface area contributed by atoms with E-state index >= 15 is 0 Å². The Bertz CT molecular complexity index is 580. The predicted octanol–water partition coefficient (Wildman–Crippen LogP) is 2.90. The number of hydrogen-bond acceptors (Lipinski definition) is 4. The number of carboxylic acid groups (broad SMARTS) is 1. The Morgan fingerprint density at radius 3 is 2.32 bits per heavy atom. The van der Waals surface area contributed by atoms with Crippen molar-refractivity contribution in [3.05, 3.63) is 0 Å². The van der Waals surface area contributed by atoms with Crippen molar-refractivity contribution in [3.63, 3.8) is 0 Å². The average Bonchev–Trinajstić information content (AvgIpc) is 2.73. The lowest BCUT2D eigenvalue weighted by Crippen LogP contribution is -2.55. The van der Waals surface area contributed by atoms with E-state index in [1.165, 1.54) is 12.8 Å². The zero-order valence-corrected chi connectivity index (χ0v) is 19.0. The van der Waals surface area contributed by atoms with Gasteiger partial charge in [-0.2, -0.15) is 0 Å². The molecule has 2 aliphatic carbocycles. The molecule has 0 aliphatic heterocycles. The van der Waals surface area contributed by atoms with Gasteiger partial charge in [-0.15, -0.1) is 0 Å². The molecule has 4 atom stereocenters. The van der Waals surface area contributed by atoms with Gasteiger partial charge in [0, 0.05) is 6.04 Å². The summed E-state index contributed by atoms with van der Waals surface area (Å²) in [4.78, 5) is 37.2. The van der Waals surface area contributed by atoms with Crippen molar-refractivity contribution in [2.75, 3.05) is 6.54 Å². The van der Waals surface area contributed by atoms with Crippen LogP contribution in [-0.2, 0) is 9.59 Å². The van der Waals surface area contributed by atoms with Crippen LogP contribution in [0.4, 0.5) is 4.79 Å². The van der Waals surface area contributed by atoms with Gasteiger partial charge < -0.3 is 26.8 Å². The molecule has 0 saturated heterocycles. The Hall–Kier alpha value is -1.83. The van der Waals surface area contributed by atoms with Crippen molar-refractivity contribution in [2.45, 2.75) is 109 Å². The number of urea groups is 1. The van der Waals surface area contributed by atoms with Crippen LogP contribution >= 0.6 is 0 Å². The molecular formula is C23H42N4O4. The lowest BCUT2D eigenvalue weighted by atomic mass is 9.84. The minimum Gasteiger partial charge on any atom is -0.480 e. The van der Waals surface area contributed by atoms with Gasteiger partial charge in [-0.25, -0.2) is 9.59 Å². The first kappa shape index (κ1) is 25.4. The molecule has 0 aromatic rings. The maximum atomic E-state index is 13.1. The quantitative estimate of drug-likeness (QED) is 0.316. The molecule has 3 unspecified atom stereocenters. The topological polar surface area (TPSA) is 134 Å². The van der Waals surface area contributed by atoms with Gasteiger partial charge in [0.15, 0.2) is 0 Å². The first-order valence-electron chi connectivity index (χ1n) is 12.2. The number of amides is 3. The van der Waals surface area contributed by atoms with Crippen LogP contribution in [-0.4, -0.2) is 47.7 Å². The summed E-state index contributed by atoms with van der Waals surface area (Å²) < 4.78 is 0. The van der Waals surface area contributed by atoms with E-state index in [2.05, 4.69) is 22.9 Å². The lowest BCUT2D eigenvalue weighted by Gasteiger charge is -2.31. The second kappa shape index (κ2) is 13.6. The summed E-state index contributed by atoms with van der Waals surface area (Å²) in [5.74, 6) is -0.210. The molecule has 0 heterocycles. The molecule has 8 nitrogen and oxygen atoms in total. The van der Waals surface area contributed by atoms with Crippen LogP contribution in [0, 0.1) is 11.8 Å².